The first-order valence-electron chi connectivity index (χ1n) is 12.7. The van der Waals surface area contributed by atoms with Gasteiger partial charge in [-0.1, -0.05) is 12.1 Å². The Kier molecular flexibility index (Phi) is 5.63. The van der Waals surface area contributed by atoms with Crippen LogP contribution in [0.2, 0.25) is 0 Å². The number of hydrogen-bond donors (Lipinski definition) is 2. The molecule has 40 heavy (non-hydrogen) atoms. The lowest BCUT2D eigenvalue weighted by Crippen LogP contribution is -2.24. The van der Waals surface area contributed by atoms with Gasteiger partial charge in [0.25, 0.3) is 5.92 Å². The Morgan fingerprint density at radius 1 is 0.950 bits per heavy atom. The SMILES string of the molecule is Fc1cccc(-c2nccc3[nH]c(-c4[nH]nc5c(F)cc(-c6cncc(CN7CCC(F)(F)C7)c6)cc45)nc23)c1. The van der Waals surface area contributed by atoms with E-state index in [0.717, 1.165) is 5.56 Å². The van der Waals surface area contributed by atoms with Crippen LogP contribution >= 0.6 is 0 Å². The number of aromatic amines is 2. The van der Waals surface area contributed by atoms with Crippen molar-refractivity contribution in [2.75, 3.05) is 13.1 Å². The van der Waals surface area contributed by atoms with Gasteiger partial charge in [0.05, 0.1) is 17.8 Å². The Bertz CT molecular complexity index is 1890. The largest absolute Gasteiger partial charge is 0.337 e. The average Bonchev–Trinajstić information content (AvgIpc) is 3.64. The van der Waals surface area contributed by atoms with Gasteiger partial charge in [0.2, 0.25) is 0 Å². The standard InChI is InChI=1S/C29H21F4N7/c30-20-3-1-2-17(9-20)24-27-23(4-6-35-24)36-28(37-27)26-21-10-18(11-22(31)25(21)38-39-26)19-8-16(12-34-13-19)14-40-7-5-29(32,33)15-40/h1-4,6,8-13H,5,7,14-15H2,(H,36,37)(H,38,39). The number of rotatable bonds is 5. The second-order valence-corrected chi connectivity index (χ2v) is 10.0. The summed E-state index contributed by atoms with van der Waals surface area (Å²) in [4.78, 5) is 18.3. The molecule has 0 aliphatic carbocycles. The highest BCUT2D eigenvalue weighted by molar-refractivity contribution is 5.97. The van der Waals surface area contributed by atoms with Gasteiger partial charge in [0.1, 0.15) is 22.5 Å². The maximum atomic E-state index is 15.2. The summed E-state index contributed by atoms with van der Waals surface area (Å²) in [5.74, 6) is -3.17. The van der Waals surface area contributed by atoms with Crippen LogP contribution in [0.5, 0.6) is 0 Å². The second-order valence-electron chi connectivity index (χ2n) is 10.0. The third-order valence-electron chi connectivity index (χ3n) is 7.13. The molecule has 7 rings (SSSR count). The molecule has 4 aromatic heterocycles. The van der Waals surface area contributed by atoms with E-state index in [1.165, 1.54) is 18.2 Å². The molecule has 0 radical (unpaired) electrons. The molecule has 1 saturated heterocycles. The van der Waals surface area contributed by atoms with E-state index in [-0.39, 0.29) is 24.3 Å². The predicted octanol–water partition coefficient (Wildman–Crippen LogP) is 6.35. The van der Waals surface area contributed by atoms with Crippen molar-refractivity contribution < 1.29 is 17.6 Å². The van der Waals surface area contributed by atoms with Gasteiger partial charge >= 0.3 is 0 Å². The number of fused-ring (bicyclic) bond motifs is 2. The molecule has 0 atom stereocenters. The van der Waals surface area contributed by atoms with E-state index < -0.39 is 11.7 Å². The topological polar surface area (TPSA) is 86.4 Å². The van der Waals surface area contributed by atoms with Crippen molar-refractivity contribution in [3.05, 3.63) is 84.3 Å². The minimum absolute atomic E-state index is 0.145. The quantitative estimate of drug-likeness (QED) is 0.248. The fourth-order valence-electron chi connectivity index (χ4n) is 5.26. The molecule has 0 unspecified atom stereocenters. The van der Waals surface area contributed by atoms with E-state index in [1.54, 1.807) is 47.8 Å². The van der Waals surface area contributed by atoms with Crippen LogP contribution in [0.4, 0.5) is 17.6 Å². The Labute approximate surface area is 224 Å². The fraction of sp³-hybridized carbons (Fsp3) is 0.172. The monoisotopic (exact) mass is 543 g/mol. The summed E-state index contributed by atoms with van der Waals surface area (Å²) in [5, 5.41) is 7.56. The van der Waals surface area contributed by atoms with Crippen LogP contribution in [-0.2, 0) is 6.54 Å². The number of likely N-dealkylation sites (tertiary alicyclic amines) is 1. The van der Waals surface area contributed by atoms with Crippen LogP contribution in [0, 0.1) is 11.6 Å². The number of benzene rings is 2. The van der Waals surface area contributed by atoms with Gasteiger partial charge < -0.3 is 4.98 Å². The van der Waals surface area contributed by atoms with Gasteiger partial charge in [-0.05, 0) is 47.5 Å². The van der Waals surface area contributed by atoms with Crippen molar-refractivity contribution in [1.29, 1.82) is 0 Å². The Balaban J connectivity index is 1.27. The van der Waals surface area contributed by atoms with Crippen LogP contribution in [0.15, 0.2) is 67.1 Å². The Morgan fingerprint density at radius 2 is 1.85 bits per heavy atom. The zero-order valence-corrected chi connectivity index (χ0v) is 20.9. The lowest BCUT2D eigenvalue weighted by molar-refractivity contribution is 0.0115. The van der Waals surface area contributed by atoms with Gasteiger partial charge in [-0.2, -0.15) is 5.10 Å². The maximum Gasteiger partial charge on any atom is 0.261 e. The summed E-state index contributed by atoms with van der Waals surface area (Å²) >= 11 is 0. The van der Waals surface area contributed by atoms with Crippen LogP contribution in [0.3, 0.4) is 0 Å². The van der Waals surface area contributed by atoms with Crippen molar-refractivity contribution in [1.82, 2.24) is 35.0 Å². The van der Waals surface area contributed by atoms with Gasteiger partial charge in [-0.3, -0.25) is 20.0 Å². The van der Waals surface area contributed by atoms with Crippen molar-refractivity contribution >= 4 is 21.9 Å². The summed E-state index contributed by atoms with van der Waals surface area (Å²) in [6, 6.07) is 12.9. The number of alkyl halides is 2. The summed E-state index contributed by atoms with van der Waals surface area (Å²) in [7, 11) is 0. The summed E-state index contributed by atoms with van der Waals surface area (Å²) in [6.07, 6.45) is 4.70. The molecule has 7 nitrogen and oxygen atoms in total. The molecule has 2 aromatic carbocycles. The first-order valence-corrected chi connectivity index (χ1v) is 12.7. The van der Waals surface area contributed by atoms with Crippen molar-refractivity contribution in [2.24, 2.45) is 0 Å². The summed E-state index contributed by atoms with van der Waals surface area (Å²) in [5.41, 5.74) is 4.89. The number of aromatic nitrogens is 6. The molecule has 0 amide bonds. The number of nitrogens with zero attached hydrogens (tertiary/aromatic N) is 5. The van der Waals surface area contributed by atoms with E-state index in [1.807, 2.05) is 6.07 Å². The third kappa shape index (κ3) is 4.37. The first kappa shape index (κ1) is 24.4. The Morgan fingerprint density at radius 3 is 2.67 bits per heavy atom. The molecule has 200 valence electrons. The number of nitrogens with one attached hydrogen (secondary N) is 2. The number of imidazole rings is 1. The molecule has 0 bridgehead atoms. The molecule has 1 aliphatic rings. The van der Waals surface area contributed by atoms with E-state index in [2.05, 4.69) is 25.1 Å². The normalized spacial score (nSPS) is 15.4. The van der Waals surface area contributed by atoms with Gasteiger partial charge in [0.15, 0.2) is 11.6 Å². The van der Waals surface area contributed by atoms with Crippen LogP contribution in [0.1, 0.15) is 12.0 Å². The minimum atomic E-state index is -2.68. The number of pyridine rings is 2. The van der Waals surface area contributed by atoms with Gasteiger partial charge in [-0.25, -0.2) is 22.5 Å². The average molecular weight is 544 g/mol. The number of hydrogen-bond acceptors (Lipinski definition) is 5. The van der Waals surface area contributed by atoms with E-state index >= 15 is 4.39 Å². The molecule has 0 saturated carbocycles. The molecule has 0 spiro atoms. The molecule has 11 heteroatoms. The zero-order valence-electron chi connectivity index (χ0n) is 20.9. The Hall–Kier alpha value is -4.64. The van der Waals surface area contributed by atoms with Gasteiger partial charge in [-0.15, -0.1) is 0 Å². The van der Waals surface area contributed by atoms with Gasteiger partial charge in [0, 0.05) is 54.6 Å². The van der Waals surface area contributed by atoms with E-state index in [9.17, 15) is 13.2 Å². The third-order valence-corrected chi connectivity index (χ3v) is 7.13. The lowest BCUT2D eigenvalue weighted by atomic mass is 10.0. The first-order chi connectivity index (χ1) is 19.3. The highest BCUT2D eigenvalue weighted by Gasteiger charge is 2.37. The molecule has 2 N–H and O–H groups in total. The van der Waals surface area contributed by atoms with E-state index in [0.29, 0.717) is 63.4 Å². The maximum absolute atomic E-state index is 15.2. The highest BCUT2D eigenvalue weighted by Crippen LogP contribution is 2.34. The number of H-pyrrole nitrogens is 2. The van der Waals surface area contributed by atoms with Crippen LogP contribution in [0.25, 0.3) is 55.8 Å². The minimum Gasteiger partial charge on any atom is -0.337 e. The van der Waals surface area contributed by atoms with E-state index in [4.69, 9.17) is 4.98 Å². The highest BCUT2D eigenvalue weighted by atomic mass is 19.3. The van der Waals surface area contributed by atoms with Crippen LogP contribution < -0.4 is 0 Å². The lowest BCUT2D eigenvalue weighted by Gasteiger charge is -2.15. The smallest absolute Gasteiger partial charge is 0.261 e. The molecule has 1 fully saturated rings. The fourth-order valence-corrected chi connectivity index (χ4v) is 5.26. The van der Waals surface area contributed by atoms with Crippen molar-refractivity contribution in [3.63, 3.8) is 0 Å². The second kappa shape index (κ2) is 9.23. The molecular formula is C29H21F4N7. The summed E-state index contributed by atoms with van der Waals surface area (Å²) < 4.78 is 56.4. The van der Waals surface area contributed by atoms with Crippen LogP contribution in [-0.4, -0.2) is 54.0 Å². The van der Waals surface area contributed by atoms with Crippen molar-refractivity contribution in [2.45, 2.75) is 18.9 Å². The molecule has 1 aliphatic heterocycles. The molecule has 5 heterocycles. The summed E-state index contributed by atoms with van der Waals surface area (Å²) in [6.45, 7) is 0.354. The molecule has 6 aromatic rings. The van der Waals surface area contributed by atoms with Crippen molar-refractivity contribution in [3.8, 4) is 33.9 Å². The molecular weight excluding hydrogens is 522 g/mol. The predicted molar refractivity (Wildman–Crippen MR) is 142 cm³/mol. The zero-order chi connectivity index (χ0) is 27.4. The number of halogens is 4.